The first-order valence-electron chi connectivity index (χ1n) is 6.53. The van der Waals surface area contributed by atoms with Gasteiger partial charge in [0.1, 0.15) is 5.88 Å². The lowest BCUT2D eigenvalue weighted by molar-refractivity contribution is -0.116. The molecule has 20 heavy (non-hydrogen) atoms. The van der Waals surface area contributed by atoms with Crippen LogP contribution in [0.5, 0.6) is 0 Å². The van der Waals surface area contributed by atoms with Crippen molar-refractivity contribution in [1.82, 2.24) is 0 Å². The first-order chi connectivity index (χ1) is 9.65. The van der Waals surface area contributed by atoms with Crippen LogP contribution in [0.3, 0.4) is 0 Å². The molecule has 1 aliphatic rings. The molecule has 0 radical (unpaired) electrons. The summed E-state index contributed by atoms with van der Waals surface area (Å²) in [6.45, 7) is 2.84. The van der Waals surface area contributed by atoms with Gasteiger partial charge in [-0.15, -0.1) is 35.1 Å². The van der Waals surface area contributed by atoms with E-state index in [4.69, 9.17) is 11.6 Å². The minimum atomic E-state index is -0.0169. The lowest BCUT2D eigenvalue weighted by Gasteiger charge is -2.26. The number of benzene rings is 1. The van der Waals surface area contributed by atoms with Gasteiger partial charge in [0.2, 0.25) is 5.91 Å². The Morgan fingerprint density at radius 2 is 2.15 bits per heavy atom. The minimum absolute atomic E-state index is 0.0169. The Labute approximate surface area is 142 Å². The Hall–Kier alpha value is 0.160. The van der Waals surface area contributed by atoms with Crippen LogP contribution in [0.1, 0.15) is 12.5 Å². The van der Waals surface area contributed by atoms with Crippen molar-refractivity contribution >= 4 is 62.6 Å². The van der Waals surface area contributed by atoms with Gasteiger partial charge in [0.05, 0.1) is 4.58 Å². The third kappa shape index (κ3) is 4.09. The number of aryl methyl sites for hydroxylation is 1. The highest BCUT2D eigenvalue weighted by molar-refractivity contribution is 9.10. The van der Waals surface area contributed by atoms with Gasteiger partial charge in [0, 0.05) is 28.2 Å². The van der Waals surface area contributed by atoms with Crippen LogP contribution >= 0.6 is 51.1 Å². The Bertz CT molecular complexity index is 480. The van der Waals surface area contributed by atoms with Crippen molar-refractivity contribution in [3.8, 4) is 0 Å². The number of thioether (sulfide) groups is 2. The summed E-state index contributed by atoms with van der Waals surface area (Å²) in [5, 5.41) is 0. The molecule has 1 heterocycles. The molecule has 1 aliphatic heterocycles. The number of carbonyl (C=O) groups excluding carboxylic acids is 1. The van der Waals surface area contributed by atoms with E-state index in [0.717, 1.165) is 23.1 Å². The van der Waals surface area contributed by atoms with E-state index in [9.17, 15) is 4.79 Å². The van der Waals surface area contributed by atoms with Crippen LogP contribution in [0.2, 0.25) is 0 Å². The number of nitrogens with zero attached hydrogens (tertiary/aromatic N) is 1. The van der Waals surface area contributed by atoms with Crippen molar-refractivity contribution in [3.63, 3.8) is 0 Å². The molecule has 2 rings (SSSR count). The summed E-state index contributed by atoms with van der Waals surface area (Å²) >= 11 is 13.1. The van der Waals surface area contributed by atoms with Crippen molar-refractivity contribution in [2.45, 2.75) is 17.9 Å². The summed E-state index contributed by atoms with van der Waals surface area (Å²) in [5.74, 6) is 2.34. The lowest BCUT2D eigenvalue weighted by atomic mass is 10.1. The number of anilines is 1. The second kappa shape index (κ2) is 7.97. The van der Waals surface area contributed by atoms with Gasteiger partial charge in [0.25, 0.3) is 0 Å². The highest BCUT2D eigenvalue weighted by Crippen LogP contribution is 2.34. The second-order valence-electron chi connectivity index (χ2n) is 4.44. The molecule has 2 nitrogen and oxygen atoms in total. The van der Waals surface area contributed by atoms with Gasteiger partial charge >= 0.3 is 0 Å². The van der Waals surface area contributed by atoms with E-state index in [2.05, 4.69) is 28.9 Å². The number of carbonyl (C=O) groups is 1. The predicted molar refractivity (Wildman–Crippen MR) is 95.3 cm³/mol. The topological polar surface area (TPSA) is 20.3 Å². The van der Waals surface area contributed by atoms with Crippen LogP contribution in [0.15, 0.2) is 22.7 Å². The molecule has 110 valence electrons. The number of hydrogen-bond acceptors (Lipinski definition) is 3. The number of rotatable bonds is 5. The molecule has 1 aromatic rings. The van der Waals surface area contributed by atoms with E-state index in [1.807, 2.05) is 40.6 Å². The fraction of sp³-hybridized carbons (Fsp3) is 0.500. The van der Waals surface area contributed by atoms with Gasteiger partial charge in [-0.2, -0.15) is 0 Å². The molecule has 0 atom stereocenters. The number of hydrogen-bond donors (Lipinski definition) is 0. The SMILES string of the molecule is CCc1cc(Br)ccc1N(CC1SCCS1)C(=O)CCl. The quantitative estimate of drug-likeness (QED) is 0.691. The van der Waals surface area contributed by atoms with Crippen LogP contribution in [-0.4, -0.2) is 34.4 Å². The third-order valence-corrected chi connectivity index (χ3v) is 6.87. The van der Waals surface area contributed by atoms with E-state index in [1.165, 1.54) is 17.1 Å². The van der Waals surface area contributed by atoms with E-state index in [1.54, 1.807) is 0 Å². The summed E-state index contributed by atoms with van der Waals surface area (Å²) in [6, 6.07) is 6.08. The number of halogens is 2. The van der Waals surface area contributed by atoms with Crippen LogP contribution in [0.4, 0.5) is 5.69 Å². The third-order valence-electron chi connectivity index (χ3n) is 3.15. The maximum absolute atomic E-state index is 12.2. The zero-order chi connectivity index (χ0) is 14.5. The highest BCUT2D eigenvalue weighted by atomic mass is 79.9. The number of alkyl halides is 1. The van der Waals surface area contributed by atoms with E-state index >= 15 is 0 Å². The molecule has 1 aromatic carbocycles. The summed E-state index contributed by atoms with van der Waals surface area (Å²) < 4.78 is 1.50. The maximum atomic E-state index is 12.2. The molecule has 0 aromatic heterocycles. The zero-order valence-corrected chi connectivity index (χ0v) is 15.2. The van der Waals surface area contributed by atoms with Crippen LogP contribution in [-0.2, 0) is 11.2 Å². The smallest absolute Gasteiger partial charge is 0.241 e. The summed E-state index contributed by atoms with van der Waals surface area (Å²) in [6.07, 6.45) is 0.895. The molecule has 1 fully saturated rings. The average Bonchev–Trinajstić information content (AvgIpc) is 2.97. The predicted octanol–water partition coefficient (Wildman–Crippen LogP) is 4.39. The van der Waals surface area contributed by atoms with Gasteiger partial charge in [-0.1, -0.05) is 22.9 Å². The first-order valence-corrected chi connectivity index (χ1v) is 9.96. The van der Waals surface area contributed by atoms with Crippen LogP contribution in [0.25, 0.3) is 0 Å². The van der Waals surface area contributed by atoms with Gasteiger partial charge in [-0.3, -0.25) is 4.79 Å². The molecular weight excluding hydrogens is 378 g/mol. The summed E-state index contributed by atoms with van der Waals surface area (Å²) in [4.78, 5) is 14.1. The monoisotopic (exact) mass is 393 g/mol. The maximum Gasteiger partial charge on any atom is 0.241 e. The molecule has 6 heteroatoms. The summed E-state index contributed by atoms with van der Waals surface area (Å²) in [7, 11) is 0. The molecule has 1 amide bonds. The van der Waals surface area contributed by atoms with Crippen molar-refractivity contribution < 1.29 is 4.79 Å². The van der Waals surface area contributed by atoms with Crippen molar-refractivity contribution in [1.29, 1.82) is 0 Å². The average molecular weight is 395 g/mol. The van der Waals surface area contributed by atoms with Gasteiger partial charge in [-0.25, -0.2) is 0 Å². The van der Waals surface area contributed by atoms with Crippen molar-refractivity contribution in [2.24, 2.45) is 0 Å². The Kier molecular flexibility index (Phi) is 6.59. The minimum Gasteiger partial charge on any atom is -0.309 e. The fourth-order valence-corrected chi connectivity index (χ4v) is 5.49. The van der Waals surface area contributed by atoms with Gasteiger partial charge < -0.3 is 4.90 Å². The molecule has 0 unspecified atom stereocenters. The molecule has 0 bridgehead atoms. The molecular formula is C14H17BrClNOS2. The van der Waals surface area contributed by atoms with E-state index in [0.29, 0.717) is 4.58 Å². The lowest BCUT2D eigenvalue weighted by Crippen LogP contribution is -2.36. The molecule has 0 aliphatic carbocycles. The fourth-order valence-electron chi connectivity index (χ4n) is 2.17. The van der Waals surface area contributed by atoms with E-state index in [-0.39, 0.29) is 11.8 Å². The summed E-state index contributed by atoms with van der Waals surface area (Å²) in [5.41, 5.74) is 2.17. The first kappa shape index (κ1) is 16.5. The standard InChI is InChI=1S/C14H17BrClNOS2/c1-2-10-7-11(15)3-4-12(10)17(13(18)8-16)9-14-19-5-6-20-14/h3-4,7,14H,2,5-6,8-9H2,1H3. The van der Waals surface area contributed by atoms with Crippen molar-refractivity contribution in [2.75, 3.05) is 28.8 Å². The Morgan fingerprint density at radius 1 is 1.45 bits per heavy atom. The molecule has 1 saturated heterocycles. The normalized spacial score (nSPS) is 15.6. The Morgan fingerprint density at radius 3 is 2.75 bits per heavy atom. The second-order valence-corrected chi connectivity index (χ2v) is 8.54. The van der Waals surface area contributed by atoms with Gasteiger partial charge in [-0.05, 0) is 30.2 Å². The molecule has 0 saturated carbocycles. The molecule has 0 N–H and O–H groups in total. The number of amides is 1. The zero-order valence-electron chi connectivity index (χ0n) is 11.3. The van der Waals surface area contributed by atoms with Crippen LogP contribution in [0, 0.1) is 0 Å². The highest BCUT2D eigenvalue weighted by Gasteiger charge is 2.24. The van der Waals surface area contributed by atoms with Crippen molar-refractivity contribution in [3.05, 3.63) is 28.2 Å². The Balaban J connectivity index is 2.27. The largest absolute Gasteiger partial charge is 0.309 e. The van der Waals surface area contributed by atoms with Crippen LogP contribution < -0.4 is 4.90 Å². The van der Waals surface area contributed by atoms with Gasteiger partial charge in [0.15, 0.2) is 0 Å². The van der Waals surface area contributed by atoms with E-state index < -0.39 is 0 Å². The molecule has 0 spiro atoms.